The van der Waals surface area contributed by atoms with Crippen molar-refractivity contribution >= 4 is 49.4 Å². The number of halogens is 2. The molecule has 0 N–H and O–H groups in total. The van der Waals surface area contributed by atoms with Gasteiger partial charge in [-0.2, -0.15) is 0 Å². The summed E-state index contributed by atoms with van der Waals surface area (Å²) in [6, 6.07) is 6.27. The van der Waals surface area contributed by atoms with Gasteiger partial charge in [-0.3, -0.25) is 4.79 Å². The van der Waals surface area contributed by atoms with Crippen molar-refractivity contribution in [1.82, 2.24) is 0 Å². The minimum Gasteiger partial charge on any atom is -0.298 e. The van der Waals surface area contributed by atoms with Crippen LogP contribution >= 0.6 is 43.6 Å². The van der Waals surface area contributed by atoms with Gasteiger partial charge in [0.1, 0.15) is 5.78 Å². The lowest BCUT2D eigenvalue weighted by Crippen LogP contribution is -2.05. The predicted octanol–water partition coefficient (Wildman–Crippen LogP) is 3.81. The summed E-state index contributed by atoms with van der Waals surface area (Å²) in [5.41, 5.74) is 2.32. The first-order valence-electron chi connectivity index (χ1n) is 4.50. The maximum Gasteiger partial charge on any atom is 0.147 e. The Labute approximate surface area is 111 Å². The summed E-state index contributed by atoms with van der Waals surface area (Å²) in [5.74, 6) is 0.218. The van der Waals surface area contributed by atoms with E-state index in [-0.39, 0.29) is 5.78 Å². The highest BCUT2D eigenvalue weighted by atomic mass is 79.9. The van der Waals surface area contributed by atoms with Crippen molar-refractivity contribution in [2.45, 2.75) is 16.6 Å². The van der Waals surface area contributed by atoms with Gasteiger partial charge < -0.3 is 0 Å². The van der Waals surface area contributed by atoms with Gasteiger partial charge in [0.25, 0.3) is 0 Å². The molecule has 1 nitrogen and oxygen atoms in total. The van der Waals surface area contributed by atoms with E-state index in [1.165, 1.54) is 10.5 Å². The van der Waals surface area contributed by atoms with Crippen molar-refractivity contribution in [2.24, 2.45) is 0 Å². The zero-order valence-corrected chi connectivity index (χ0v) is 12.4. The Morgan fingerprint density at radius 3 is 2.60 bits per heavy atom. The lowest BCUT2D eigenvalue weighted by Gasteiger charge is -2.07. The lowest BCUT2D eigenvalue weighted by molar-refractivity contribution is -0.115. The molecular formula is C11H12Br2OS. The van der Waals surface area contributed by atoms with E-state index in [1.54, 1.807) is 11.8 Å². The Bertz CT molecular complexity index is 352. The second kappa shape index (κ2) is 6.71. The van der Waals surface area contributed by atoms with E-state index in [0.717, 1.165) is 10.9 Å². The maximum absolute atomic E-state index is 11.4. The summed E-state index contributed by atoms with van der Waals surface area (Å²) in [4.78, 5) is 12.6. The third-order valence-electron chi connectivity index (χ3n) is 2.09. The first-order valence-corrected chi connectivity index (χ1v) is 7.97. The third-order valence-corrected chi connectivity index (χ3v) is 4.05. The Hall–Kier alpha value is 0.200. The SMILES string of the molecule is CSc1ccc(CBr)c(CC(=O)CBr)c1. The maximum atomic E-state index is 11.4. The Balaban J connectivity index is 2.95. The molecule has 0 saturated heterocycles. The predicted molar refractivity (Wildman–Crippen MR) is 73.4 cm³/mol. The number of carbonyl (C=O) groups is 1. The number of rotatable bonds is 5. The molecule has 1 aromatic rings. The molecule has 1 aromatic carbocycles. The van der Waals surface area contributed by atoms with E-state index >= 15 is 0 Å². The molecule has 0 saturated carbocycles. The molecule has 0 aliphatic carbocycles. The molecule has 82 valence electrons. The highest BCUT2D eigenvalue weighted by Gasteiger charge is 2.07. The largest absolute Gasteiger partial charge is 0.298 e. The zero-order chi connectivity index (χ0) is 11.3. The van der Waals surface area contributed by atoms with Gasteiger partial charge in [-0.25, -0.2) is 0 Å². The average Bonchev–Trinajstić information content (AvgIpc) is 2.28. The minimum atomic E-state index is 0.218. The number of thioether (sulfide) groups is 1. The van der Waals surface area contributed by atoms with Crippen LogP contribution in [-0.4, -0.2) is 17.4 Å². The van der Waals surface area contributed by atoms with E-state index in [1.807, 2.05) is 6.26 Å². The molecule has 15 heavy (non-hydrogen) atoms. The van der Waals surface area contributed by atoms with E-state index in [4.69, 9.17) is 0 Å². The van der Waals surface area contributed by atoms with Crippen LogP contribution in [0, 0.1) is 0 Å². The fourth-order valence-electron chi connectivity index (χ4n) is 1.28. The van der Waals surface area contributed by atoms with Crippen molar-refractivity contribution < 1.29 is 4.79 Å². The Kier molecular flexibility index (Phi) is 5.94. The molecule has 0 bridgehead atoms. The Morgan fingerprint density at radius 2 is 2.07 bits per heavy atom. The van der Waals surface area contributed by atoms with Crippen LogP contribution in [0.15, 0.2) is 23.1 Å². The van der Waals surface area contributed by atoms with Gasteiger partial charge in [-0.15, -0.1) is 11.8 Å². The first-order chi connectivity index (χ1) is 7.21. The minimum absolute atomic E-state index is 0.218. The molecular weight excluding hydrogens is 340 g/mol. The third kappa shape index (κ3) is 3.93. The standard InChI is InChI=1S/C11H12Br2OS/c1-15-11-3-2-8(6-12)9(5-11)4-10(14)7-13/h2-3,5H,4,6-7H2,1H3. The second-order valence-corrected chi connectivity index (χ2v) is 5.12. The van der Waals surface area contributed by atoms with Crippen LogP contribution in [0.25, 0.3) is 0 Å². The number of carbonyl (C=O) groups excluding carboxylic acids is 1. The second-order valence-electron chi connectivity index (χ2n) is 3.12. The highest BCUT2D eigenvalue weighted by Crippen LogP contribution is 2.22. The normalized spacial score (nSPS) is 10.3. The summed E-state index contributed by atoms with van der Waals surface area (Å²) >= 11 is 8.32. The van der Waals surface area contributed by atoms with E-state index < -0.39 is 0 Å². The number of hydrogen-bond acceptors (Lipinski definition) is 2. The van der Waals surface area contributed by atoms with Gasteiger partial charge in [0.15, 0.2) is 0 Å². The number of hydrogen-bond donors (Lipinski definition) is 0. The summed E-state index contributed by atoms with van der Waals surface area (Å²) in [6.07, 6.45) is 2.56. The fraction of sp³-hybridized carbons (Fsp3) is 0.364. The molecule has 0 radical (unpaired) electrons. The van der Waals surface area contributed by atoms with Crippen LogP contribution in [0.2, 0.25) is 0 Å². The van der Waals surface area contributed by atoms with Crippen molar-refractivity contribution in [3.8, 4) is 0 Å². The molecule has 0 atom stereocenters. The van der Waals surface area contributed by atoms with Crippen LogP contribution < -0.4 is 0 Å². The van der Waals surface area contributed by atoms with Crippen LogP contribution in [0.3, 0.4) is 0 Å². The number of ketones is 1. The molecule has 0 aliphatic heterocycles. The summed E-state index contributed by atoms with van der Waals surface area (Å²) in [6.45, 7) is 0. The molecule has 0 spiro atoms. The number of alkyl halides is 2. The molecule has 0 amide bonds. The van der Waals surface area contributed by atoms with Gasteiger partial charge in [0, 0.05) is 16.6 Å². The molecule has 0 aliphatic rings. The van der Waals surface area contributed by atoms with Gasteiger partial charge in [-0.1, -0.05) is 37.9 Å². The van der Waals surface area contributed by atoms with Gasteiger partial charge in [-0.05, 0) is 29.5 Å². The quantitative estimate of drug-likeness (QED) is 0.592. The van der Waals surface area contributed by atoms with Gasteiger partial charge in [0.2, 0.25) is 0 Å². The van der Waals surface area contributed by atoms with Gasteiger partial charge >= 0.3 is 0 Å². The smallest absolute Gasteiger partial charge is 0.147 e. The van der Waals surface area contributed by atoms with Crippen molar-refractivity contribution in [1.29, 1.82) is 0 Å². The van der Waals surface area contributed by atoms with Crippen molar-refractivity contribution in [3.63, 3.8) is 0 Å². The van der Waals surface area contributed by atoms with Crippen LogP contribution in [0.5, 0.6) is 0 Å². The zero-order valence-electron chi connectivity index (χ0n) is 8.43. The first kappa shape index (κ1) is 13.3. The van der Waals surface area contributed by atoms with Crippen molar-refractivity contribution in [3.05, 3.63) is 29.3 Å². The van der Waals surface area contributed by atoms with Crippen LogP contribution in [0.4, 0.5) is 0 Å². The number of Topliss-reactive ketones (excluding diaryl/α,β-unsaturated/α-hetero) is 1. The number of benzene rings is 1. The molecule has 0 fully saturated rings. The monoisotopic (exact) mass is 350 g/mol. The molecule has 0 unspecified atom stereocenters. The summed E-state index contributed by atoms with van der Waals surface area (Å²) in [5, 5.41) is 1.23. The summed E-state index contributed by atoms with van der Waals surface area (Å²) in [7, 11) is 0. The summed E-state index contributed by atoms with van der Waals surface area (Å²) < 4.78 is 0. The fourth-order valence-corrected chi connectivity index (χ4v) is 2.49. The van der Waals surface area contributed by atoms with E-state index in [9.17, 15) is 4.79 Å². The molecule has 1 rings (SSSR count). The van der Waals surface area contributed by atoms with Crippen molar-refractivity contribution in [2.75, 3.05) is 11.6 Å². The molecule has 4 heteroatoms. The topological polar surface area (TPSA) is 17.1 Å². The lowest BCUT2D eigenvalue weighted by atomic mass is 10.0. The van der Waals surface area contributed by atoms with E-state index in [2.05, 4.69) is 50.1 Å². The molecule has 0 aromatic heterocycles. The average molecular weight is 352 g/mol. The Morgan fingerprint density at radius 1 is 1.33 bits per heavy atom. The van der Waals surface area contributed by atoms with Crippen LogP contribution in [-0.2, 0) is 16.5 Å². The van der Waals surface area contributed by atoms with Gasteiger partial charge in [0.05, 0.1) is 5.33 Å². The molecule has 0 heterocycles. The highest BCUT2D eigenvalue weighted by molar-refractivity contribution is 9.09. The van der Waals surface area contributed by atoms with Crippen LogP contribution in [0.1, 0.15) is 11.1 Å². The van der Waals surface area contributed by atoms with E-state index in [0.29, 0.717) is 11.8 Å².